The summed E-state index contributed by atoms with van der Waals surface area (Å²) in [6.45, 7) is 0.778. The minimum atomic E-state index is -3.48. The SMILES string of the molecule is COc1ccccc1OCCNC(=O)c1ccc(CN(c2ccc(Br)cc2)S(C)(=O)=O)cc1. The van der Waals surface area contributed by atoms with Crippen LogP contribution in [0.25, 0.3) is 0 Å². The zero-order valence-electron chi connectivity index (χ0n) is 18.3. The highest BCUT2D eigenvalue weighted by molar-refractivity contribution is 9.10. The Labute approximate surface area is 202 Å². The maximum atomic E-state index is 12.4. The fraction of sp³-hybridized carbons (Fsp3) is 0.208. The Morgan fingerprint density at radius 2 is 1.61 bits per heavy atom. The molecule has 0 spiro atoms. The van der Waals surface area contributed by atoms with Crippen LogP contribution in [-0.2, 0) is 16.6 Å². The zero-order chi connectivity index (χ0) is 23.8. The fourth-order valence-corrected chi connectivity index (χ4v) is 4.25. The van der Waals surface area contributed by atoms with E-state index < -0.39 is 10.0 Å². The quantitative estimate of drug-likeness (QED) is 0.395. The molecule has 33 heavy (non-hydrogen) atoms. The minimum absolute atomic E-state index is 0.162. The lowest BCUT2D eigenvalue weighted by molar-refractivity contribution is 0.0947. The number of para-hydroxylation sites is 2. The molecule has 9 heteroatoms. The minimum Gasteiger partial charge on any atom is -0.493 e. The molecule has 0 saturated heterocycles. The van der Waals surface area contributed by atoms with E-state index in [1.807, 2.05) is 12.1 Å². The van der Waals surface area contributed by atoms with Crippen molar-refractivity contribution < 1.29 is 22.7 Å². The van der Waals surface area contributed by atoms with Gasteiger partial charge in [0.2, 0.25) is 10.0 Å². The molecular weight excluding hydrogens is 508 g/mol. The average Bonchev–Trinajstić information content (AvgIpc) is 2.81. The van der Waals surface area contributed by atoms with E-state index in [-0.39, 0.29) is 12.5 Å². The summed E-state index contributed by atoms with van der Waals surface area (Å²) in [4.78, 5) is 12.4. The second-order valence-electron chi connectivity index (χ2n) is 7.20. The van der Waals surface area contributed by atoms with Crippen molar-refractivity contribution in [1.82, 2.24) is 5.32 Å². The Morgan fingerprint density at radius 3 is 2.21 bits per heavy atom. The number of hydrogen-bond acceptors (Lipinski definition) is 5. The number of amides is 1. The Hall–Kier alpha value is -3.04. The summed E-state index contributed by atoms with van der Waals surface area (Å²) >= 11 is 3.35. The second-order valence-corrected chi connectivity index (χ2v) is 10.0. The molecule has 0 saturated carbocycles. The van der Waals surface area contributed by atoms with Crippen LogP contribution in [0.1, 0.15) is 15.9 Å². The topological polar surface area (TPSA) is 84.9 Å². The highest BCUT2D eigenvalue weighted by Crippen LogP contribution is 2.25. The first-order chi connectivity index (χ1) is 15.8. The van der Waals surface area contributed by atoms with E-state index in [2.05, 4.69) is 21.2 Å². The summed E-state index contributed by atoms with van der Waals surface area (Å²) in [6.07, 6.45) is 1.17. The number of hydrogen-bond donors (Lipinski definition) is 1. The van der Waals surface area contributed by atoms with Crippen LogP contribution in [0.2, 0.25) is 0 Å². The van der Waals surface area contributed by atoms with Crippen molar-refractivity contribution >= 4 is 37.5 Å². The monoisotopic (exact) mass is 532 g/mol. The number of nitrogens with one attached hydrogen (secondary N) is 1. The van der Waals surface area contributed by atoms with Gasteiger partial charge in [-0.05, 0) is 54.1 Å². The van der Waals surface area contributed by atoms with Gasteiger partial charge in [-0.3, -0.25) is 9.10 Å². The Kier molecular flexibility index (Phi) is 8.35. The molecule has 0 radical (unpaired) electrons. The van der Waals surface area contributed by atoms with Crippen LogP contribution >= 0.6 is 15.9 Å². The maximum Gasteiger partial charge on any atom is 0.251 e. The highest BCUT2D eigenvalue weighted by atomic mass is 79.9. The molecule has 0 aliphatic heterocycles. The molecule has 3 rings (SSSR count). The number of benzene rings is 3. The van der Waals surface area contributed by atoms with Crippen LogP contribution in [0.3, 0.4) is 0 Å². The molecule has 0 unspecified atom stereocenters. The third kappa shape index (κ3) is 6.97. The molecule has 0 atom stereocenters. The third-order valence-electron chi connectivity index (χ3n) is 4.77. The van der Waals surface area contributed by atoms with Gasteiger partial charge in [-0.1, -0.05) is 40.2 Å². The summed E-state index contributed by atoms with van der Waals surface area (Å²) in [6, 6.07) is 21.2. The number of ether oxygens (including phenoxy) is 2. The fourth-order valence-electron chi connectivity index (χ4n) is 3.10. The Bertz CT molecular complexity index is 1180. The van der Waals surface area contributed by atoms with Gasteiger partial charge in [0.1, 0.15) is 6.61 Å². The largest absolute Gasteiger partial charge is 0.493 e. The maximum absolute atomic E-state index is 12.4. The van der Waals surface area contributed by atoms with E-state index >= 15 is 0 Å². The number of anilines is 1. The van der Waals surface area contributed by atoms with Gasteiger partial charge in [0, 0.05) is 10.0 Å². The normalized spacial score (nSPS) is 11.0. The van der Waals surface area contributed by atoms with Gasteiger partial charge < -0.3 is 14.8 Å². The molecule has 0 aromatic heterocycles. The van der Waals surface area contributed by atoms with Gasteiger partial charge in [-0.15, -0.1) is 0 Å². The van der Waals surface area contributed by atoms with Crippen molar-refractivity contribution in [2.75, 3.05) is 30.8 Å². The number of carbonyl (C=O) groups is 1. The van der Waals surface area contributed by atoms with Gasteiger partial charge in [0.15, 0.2) is 11.5 Å². The lowest BCUT2D eigenvalue weighted by Gasteiger charge is -2.22. The van der Waals surface area contributed by atoms with Crippen LogP contribution in [-0.4, -0.2) is 40.8 Å². The van der Waals surface area contributed by atoms with Crippen molar-refractivity contribution in [2.24, 2.45) is 0 Å². The van der Waals surface area contributed by atoms with Crippen LogP contribution in [0.15, 0.2) is 77.3 Å². The van der Waals surface area contributed by atoms with Crippen LogP contribution in [0, 0.1) is 0 Å². The number of carbonyl (C=O) groups excluding carboxylic acids is 1. The molecule has 3 aromatic rings. The molecule has 174 valence electrons. The molecule has 0 aliphatic rings. The van der Waals surface area contributed by atoms with E-state index in [4.69, 9.17) is 9.47 Å². The summed E-state index contributed by atoms with van der Waals surface area (Å²) in [5.74, 6) is 1.00. The number of rotatable bonds is 10. The first-order valence-electron chi connectivity index (χ1n) is 10.1. The van der Waals surface area contributed by atoms with E-state index in [0.29, 0.717) is 35.9 Å². The Balaban J connectivity index is 1.57. The average molecular weight is 533 g/mol. The summed E-state index contributed by atoms with van der Waals surface area (Å²) in [5, 5.41) is 2.81. The standard InChI is InChI=1S/C24H25BrN2O5S/c1-31-22-5-3-4-6-23(22)32-16-15-26-24(28)19-9-7-18(8-10-19)17-27(33(2,29)30)21-13-11-20(25)12-14-21/h3-14H,15-17H2,1-2H3,(H,26,28). The predicted octanol–water partition coefficient (Wildman–Crippen LogP) is 4.23. The van der Waals surface area contributed by atoms with Gasteiger partial charge in [0.05, 0.1) is 32.1 Å². The molecule has 0 aliphatic carbocycles. The summed E-state index contributed by atoms with van der Waals surface area (Å²) in [7, 11) is -1.91. The molecule has 1 amide bonds. The van der Waals surface area contributed by atoms with Crippen molar-refractivity contribution in [3.05, 3.63) is 88.4 Å². The predicted molar refractivity (Wildman–Crippen MR) is 132 cm³/mol. The van der Waals surface area contributed by atoms with Crippen molar-refractivity contribution in [2.45, 2.75) is 6.54 Å². The lowest BCUT2D eigenvalue weighted by Crippen LogP contribution is -2.29. The van der Waals surface area contributed by atoms with Crippen molar-refractivity contribution in [3.63, 3.8) is 0 Å². The van der Waals surface area contributed by atoms with E-state index in [0.717, 1.165) is 10.0 Å². The molecule has 1 N–H and O–H groups in total. The first-order valence-corrected chi connectivity index (χ1v) is 12.8. The molecule has 0 heterocycles. The Morgan fingerprint density at radius 1 is 0.970 bits per heavy atom. The van der Waals surface area contributed by atoms with Gasteiger partial charge in [-0.25, -0.2) is 8.42 Å². The lowest BCUT2D eigenvalue weighted by atomic mass is 10.1. The second kappa shape index (κ2) is 11.2. The third-order valence-corrected chi connectivity index (χ3v) is 6.44. The molecule has 7 nitrogen and oxygen atoms in total. The van der Waals surface area contributed by atoms with Crippen LogP contribution < -0.4 is 19.1 Å². The number of sulfonamides is 1. The van der Waals surface area contributed by atoms with Gasteiger partial charge in [0.25, 0.3) is 5.91 Å². The smallest absolute Gasteiger partial charge is 0.251 e. The molecule has 0 fully saturated rings. The van der Waals surface area contributed by atoms with E-state index in [1.165, 1.54) is 10.6 Å². The number of methoxy groups -OCH3 is 1. The van der Waals surface area contributed by atoms with Crippen molar-refractivity contribution in [1.29, 1.82) is 0 Å². The highest BCUT2D eigenvalue weighted by Gasteiger charge is 2.18. The van der Waals surface area contributed by atoms with Gasteiger partial charge >= 0.3 is 0 Å². The summed E-state index contributed by atoms with van der Waals surface area (Å²) < 4.78 is 37.7. The number of nitrogens with zero attached hydrogens (tertiary/aromatic N) is 1. The molecule has 3 aromatic carbocycles. The first kappa shape index (κ1) is 24.6. The summed E-state index contributed by atoms with van der Waals surface area (Å²) in [5.41, 5.74) is 1.81. The van der Waals surface area contributed by atoms with Crippen LogP contribution in [0.4, 0.5) is 5.69 Å². The number of halogens is 1. The van der Waals surface area contributed by atoms with Gasteiger partial charge in [-0.2, -0.15) is 0 Å². The van der Waals surface area contributed by atoms with E-state index in [9.17, 15) is 13.2 Å². The van der Waals surface area contributed by atoms with Crippen LogP contribution in [0.5, 0.6) is 11.5 Å². The molecular formula is C24H25BrN2O5S. The van der Waals surface area contributed by atoms with E-state index in [1.54, 1.807) is 67.8 Å². The zero-order valence-corrected chi connectivity index (χ0v) is 20.7. The van der Waals surface area contributed by atoms with Crippen molar-refractivity contribution in [3.8, 4) is 11.5 Å². The molecule has 0 bridgehead atoms.